The zero-order valence-corrected chi connectivity index (χ0v) is 19.0. The van der Waals surface area contributed by atoms with E-state index in [1.54, 1.807) is 29.7 Å². The first-order chi connectivity index (χ1) is 13.8. The quantitative estimate of drug-likeness (QED) is 0.562. The van der Waals surface area contributed by atoms with Crippen molar-refractivity contribution in [3.05, 3.63) is 64.7 Å². The van der Waals surface area contributed by atoms with E-state index in [2.05, 4.69) is 36.5 Å². The van der Waals surface area contributed by atoms with E-state index in [4.69, 9.17) is 11.6 Å². The molecule has 0 spiro atoms. The Kier molecular flexibility index (Phi) is 9.05. The number of thioether (sulfide) groups is 1. The molecule has 6 heteroatoms. The number of nitrogens with one attached hydrogen (secondary N) is 1. The van der Waals surface area contributed by atoms with Crippen LogP contribution in [0.5, 0.6) is 0 Å². The van der Waals surface area contributed by atoms with Crippen LogP contribution in [0.1, 0.15) is 38.3 Å². The monoisotopic (exact) mass is 432 g/mol. The van der Waals surface area contributed by atoms with Gasteiger partial charge in [-0.05, 0) is 57.5 Å². The molecule has 0 bridgehead atoms. The first-order valence-corrected chi connectivity index (χ1v) is 11.2. The van der Waals surface area contributed by atoms with Crippen LogP contribution in [0.4, 0.5) is 0 Å². The summed E-state index contributed by atoms with van der Waals surface area (Å²) in [6.45, 7) is 7.99. The Hall–Kier alpha value is -1.98. The summed E-state index contributed by atoms with van der Waals surface area (Å²) in [7, 11) is 0. The van der Waals surface area contributed by atoms with E-state index >= 15 is 0 Å². The molecule has 2 amide bonds. The van der Waals surface area contributed by atoms with E-state index in [-0.39, 0.29) is 17.9 Å². The van der Waals surface area contributed by atoms with Gasteiger partial charge in [0.05, 0.1) is 0 Å². The molecule has 0 heterocycles. The smallest absolute Gasteiger partial charge is 0.242 e. The summed E-state index contributed by atoms with van der Waals surface area (Å²) in [5.41, 5.74) is 2.12. The lowest BCUT2D eigenvalue weighted by Crippen LogP contribution is -2.49. The largest absolute Gasteiger partial charge is 0.352 e. The third-order valence-electron chi connectivity index (χ3n) is 4.45. The molecule has 1 N–H and O–H groups in total. The van der Waals surface area contributed by atoms with Gasteiger partial charge in [0.2, 0.25) is 11.8 Å². The van der Waals surface area contributed by atoms with Crippen molar-refractivity contribution in [3.8, 4) is 0 Å². The number of rotatable bonds is 9. The van der Waals surface area contributed by atoms with Crippen molar-refractivity contribution in [2.75, 3.05) is 5.75 Å². The van der Waals surface area contributed by atoms with Crippen LogP contribution in [0.15, 0.2) is 53.4 Å². The molecular weight excluding hydrogens is 404 g/mol. The van der Waals surface area contributed by atoms with Gasteiger partial charge in [0, 0.05) is 34.7 Å². The molecular formula is C23H29ClN2O2S. The topological polar surface area (TPSA) is 49.4 Å². The Balaban J connectivity index is 2.06. The molecule has 0 radical (unpaired) electrons. The molecule has 29 heavy (non-hydrogen) atoms. The number of benzene rings is 2. The van der Waals surface area contributed by atoms with Gasteiger partial charge >= 0.3 is 0 Å². The summed E-state index contributed by atoms with van der Waals surface area (Å²) in [6, 6.07) is 15.1. The van der Waals surface area contributed by atoms with Gasteiger partial charge in [-0.3, -0.25) is 9.59 Å². The zero-order valence-electron chi connectivity index (χ0n) is 17.4. The summed E-state index contributed by atoms with van der Waals surface area (Å²) in [6.07, 6.45) is 0.360. The lowest BCUT2D eigenvalue weighted by molar-refractivity contribution is -0.140. The predicted octanol–water partition coefficient (Wildman–Crippen LogP) is 5.07. The third kappa shape index (κ3) is 7.75. The van der Waals surface area contributed by atoms with Crippen LogP contribution in [0.25, 0.3) is 0 Å². The molecule has 0 aliphatic carbocycles. The second-order valence-corrected chi connectivity index (χ2v) is 9.01. The molecule has 1 atom stereocenters. The molecule has 0 saturated heterocycles. The van der Waals surface area contributed by atoms with Gasteiger partial charge in [-0.2, -0.15) is 0 Å². The average molecular weight is 433 g/mol. The fourth-order valence-electron chi connectivity index (χ4n) is 2.85. The van der Waals surface area contributed by atoms with Crippen molar-refractivity contribution in [1.82, 2.24) is 10.2 Å². The highest BCUT2D eigenvalue weighted by Crippen LogP contribution is 2.21. The van der Waals surface area contributed by atoms with Crippen LogP contribution < -0.4 is 5.32 Å². The SMILES string of the molecule is Cc1ccc(SCCC(=O)N(Cc2cccc(Cl)c2)[C@H](C)C(=O)NC(C)C)cc1. The average Bonchev–Trinajstić information content (AvgIpc) is 2.66. The minimum atomic E-state index is -0.562. The zero-order chi connectivity index (χ0) is 21.4. The number of amides is 2. The summed E-state index contributed by atoms with van der Waals surface area (Å²) in [4.78, 5) is 28.3. The minimum Gasteiger partial charge on any atom is -0.352 e. The van der Waals surface area contributed by atoms with Crippen LogP contribution in [0.2, 0.25) is 5.02 Å². The van der Waals surface area contributed by atoms with Crippen LogP contribution in [0.3, 0.4) is 0 Å². The van der Waals surface area contributed by atoms with E-state index in [0.717, 1.165) is 10.5 Å². The molecule has 0 saturated carbocycles. The fourth-order valence-corrected chi connectivity index (χ4v) is 3.91. The highest BCUT2D eigenvalue weighted by atomic mass is 35.5. The summed E-state index contributed by atoms with van der Waals surface area (Å²) in [5, 5.41) is 3.51. The maximum absolute atomic E-state index is 13.0. The summed E-state index contributed by atoms with van der Waals surface area (Å²) >= 11 is 7.74. The third-order valence-corrected chi connectivity index (χ3v) is 5.69. The number of halogens is 1. The second kappa shape index (κ2) is 11.3. The van der Waals surface area contributed by atoms with Crippen molar-refractivity contribution < 1.29 is 9.59 Å². The highest BCUT2D eigenvalue weighted by Gasteiger charge is 2.26. The lowest BCUT2D eigenvalue weighted by atomic mass is 10.1. The molecule has 0 aromatic heterocycles. The van der Waals surface area contributed by atoms with Gasteiger partial charge in [-0.15, -0.1) is 11.8 Å². The molecule has 156 valence electrons. The Morgan fingerprint density at radius 1 is 1.10 bits per heavy atom. The molecule has 2 aromatic carbocycles. The summed E-state index contributed by atoms with van der Waals surface area (Å²) in [5.74, 6) is 0.462. The van der Waals surface area contributed by atoms with Gasteiger partial charge in [0.15, 0.2) is 0 Å². The Morgan fingerprint density at radius 3 is 2.41 bits per heavy atom. The first kappa shape index (κ1) is 23.3. The van der Waals surface area contributed by atoms with Crippen LogP contribution >= 0.6 is 23.4 Å². The number of carbonyl (C=O) groups is 2. The molecule has 2 aromatic rings. The Morgan fingerprint density at radius 2 is 1.79 bits per heavy atom. The first-order valence-electron chi connectivity index (χ1n) is 9.80. The van der Waals surface area contributed by atoms with Gasteiger partial charge < -0.3 is 10.2 Å². The van der Waals surface area contributed by atoms with E-state index in [9.17, 15) is 9.59 Å². The van der Waals surface area contributed by atoms with Crippen molar-refractivity contribution in [2.24, 2.45) is 0 Å². The normalized spacial score (nSPS) is 11.9. The minimum absolute atomic E-state index is 0.0187. The molecule has 0 fully saturated rings. The summed E-state index contributed by atoms with van der Waals surface area (Å²) < 4.78 is 0. The molecule has 0 aliphatic rings. The van der Waals surface area contributed by atoms with E-state index in [1.807, 2.05) is 32.0 Å². The second-order valence-electron chi connectivity index (χ2n) is 7.40. The Labute approximate surface area is 183 Å². The van der Waals surface area contributed by atoms with E-state index < -0.39 is 6.04 Å². The molecule has 4 nitrogen and oxygen atoms in total. The maximum atomic E-state index is 13.0. The van der Waals surface area contributed by atoms with Crippen molar-refractivity contribution >= 4 is 35.2 Å². The molecule has 0 aliphatic heterocycles. The maximum Gasteiger partial charge on any atom is 0.242 e. The standard InChI is InChI=1S/C23H29ClN2O2S/c1-16(2)25-23(28)18(4)26(15-19-6-5-7-20(24)14-19)22(27)12-13-29-21-10-8-17(3)9-11-21/h5-11,14,16,18H,12-13,15H2,1-4H3,(H,25,28)/t18-/m1/s1. The van der Waals surface area contributed by atoms with Crippen molar-refractivity contribution in [2.45, 2.75) is 57.6 Å². The van der Waals surface area contributed by atoms with Crippen molar-refractivity contribution in [1.29, 1.82) is 0 Å². The van der Waals surface area contributed by atoms with Crippen LogP contribution in [-0.2, 0) is 16.1 Å². The fraction of sp³-hybridized carbons (Fsp3) is 0.391. The van der Waals surface area contributed by atoms with Gasteiger partial charge in [-0.25, -0.2) is 0 Å². The van der Waals surface area contributed by atoms with Crippen molar-refractivity contribution in [3.63, 3.8) is 0 Å². The number of hydrogen-bond acceptors (Lipinski definition) is 3. The van der Waals surface area contributed by atoms with Gasteiger partial charge in [-0.1, -0.05) is 41.4 Å². The number of hydrogen-bond donors (Lipinski definition) is 1. The molecule has 2 rings (SSSR count). The predicted molar refractivity (Wildman–Crippen MR) is 121 cm³/mol. The Bertz CT molecular complexity index is 824. The number of aryl methyl sites for hydroxylation is 1. The lowest BCUT2D eigenvalue weighted by Gasteiger charge is -2.29. The highest BCUT2D eigenvalue weighted by molar-refractivity contribution is 7.99. The molecule has 0 unspecified atom stereocenters. The van der Waals surface area contributed by atoms with Gasteiger partial charge in [0.1, 0.15) is 6.04 Å². The van der Waals surface area contributed by atoms with Crippen LogP contribution in [-0.4, -0.2) is 34.6 Å². The van der Waals surface area contributed by atoms with E-state index in [0.29, 0.717) is 23.7 Å². The van der Waals surface area contributed by atoms with Crippen LogP contribution in [0, 0.1) is 6.92 Å². The van der Waals surface area contributed by atoms with Gasteiger partial charge in [0.25, 0.3) is 0 Å². The number of carbonyl (C=O) groups excluding carboxylic acids is 2. The number of nitrogens with zero attached hydrogens (tertiary/aromatic N) is 1. The van der Waals surface area contributed by atoms with E-state index in [1.165, 1.54) is 5.56 Å².